The number of hydrogen-bond donors (Lipinski definition) is 0. The van der Waals surface area contributed by atoms with Crippen LogP contribution in [0, 0.1) is 25.2 Å². The van der Waals surface area contributed by atoms with E-state index in [1.54, 1.807) is 0 Å². The number of hydrogen-bond acceptors (Lipinski definition) is 2. The summed E-state index contributed by atoms with van der Waals surface area (Å²) in [6, 6.07) is 8.68. The highest BCUT2D eigenvalue weighted by Crippen LogP contribution is 2.29. The predicted molar refractivity (Wildman–Crippen MR) is 65.1 cm³/mol. The molecular formula is C14H18N2. The van der Waals surface area contributed by atoms with Crippen LogP contribution in [-0.4, -0.2) is 18.0 Å². The van der Waals surface area contributed by atoms with Crippen LogP contribution in [0.4, 0.5) is 0 Å². The van der Waals surface area contributed by atoms with Gasteiger partial charge in [0.2, 0.25) is 0 Å². The largest absolute Gasteiger partial charge is 0.284 e. The molecule has 0 bridgehead atoms. The number of rotatable bonds is 2. The van der Waals surface area contributed by atoms with E-state index in [1.165, 1.54) is 29.5 Å². The highest BCUT2D eigenvalue weighted by molar-refractivity contribution is 5.39. The molecule has 84 valence electrons. The summed E-state index contributed by atoms with van der Waals surface area (Å²) in [5, 5.41) is 9.40. The van der Waals surface area contributed by atoms with Crippen LogP contribution in [-0.2, 0) is 0 Å². The maximum Gasteiger partial charge on any atom is 0.124 e. The predicted octanol–water partition coefficient (Wildman–Crippen LogP) is 2.96. The van der Waals surface area contributed by atoms with Crippen molar-refractivity contribution in [2.75, 3.05) is 13.1 Å². The van der Waals surface area contributed by atoms with Crippen LogP contribution in [0.3, 0.4) is 0 Å². The Hall–Kier alpha value is -1.33. The van der Waals surface area contributed by atoms with Crippen molar-refractivity contribution in [2.45, 2.75) is 32.7 Å². The molecule has 2 heteroatoms. The monoisotopic (exact) mass is 214 g/mol. The Bertz CT molecular complexity index is 391. The average molecular weight is 214 g/mol. The maximum absolute atomic E-state index is 9.40. The second-order valence-corrected chi connectivity index (χ2v) is 4.58. The summed E-state index contributed by atoms with van der Waals surface area (Å²) in [6.45, 7) is 6.32. The fraction of sp³-hybridized carbons (Fsp3) is 0.500. The summed E-state index contributed by atoms with van der Waals surface area (Å²) in [7, 11) is 0. The van der Waals surface area contributed by atoms with Crippen molar-refractivity contribution in [1.29, 1.82) is 5.26 Å². The molecule has 0 N–H and O–H groups in total. The second-order valence-electron chi connectivity index (χ2n) is 4.58. The molecule has 1 aromatic rings. The van der Waals surface area contributed by atoms with Gasteiger partial charge in [0.15, 0.2) is 0 Å². The highest BCUT2D eigenvalue weighted by Gasteiger charge is 2.25. The smallest absolute Gasteiger partial charge is 0.124 e. The lowest BCUT2D eigenvalue weighted by Crippen LogP contribution is -2.25. The molecule has 0 spiro atoms. The van der Waals surface area contributed by atoms with Crippen molar-refractivity contribution in [2.24, 2.45) is 0 Å². The standard InChI is InChI=1S/C14H18N2/c1-11-6-5-7-12(2)14(11)13(10-15)16-8-3-4-9-16/h5-7,13H,3-4,8-9H2,1-2H3. The molecule has 1 unspecified atom stereocenters. The summed E-state index contributed by atoms with van der Waals surface area (Å²) in [4.78, 5) is 2.30. The Morgan fingerprint density at radius 1 is 1.19 bits per heavy atom. The third-order valence-corrected chi connectivity index (χ3v) is 3.44. The van der Waals surface area contributed by atoms with Gasteiger partial charge in [-0.25, -0.2) is 0 Å². The normalized spacial score (nSPS) is 18.3. The lowest BCUT2D eigenvalue weighted by Gasteiger charge is -2.24. The minimum atomic E-state index is -0.0521. The molecule has 1 aromatic carbocycles. The Kier molecular flexibility index (Phi) is 3.26. The highest BCUT2D eigenvalue weighted by atomic mass is 15.2. The summed E-state index contributed by atoms with van der Waals surface area (Å²) in [6.07, 6.45) is 2.45. The van der Waals surface area contributed by atoms with Gasteiger partial charge < -0.3 is 0 Å². The van der Waals surface area contributed by atoms with E-state index in [9.17, 15) is 5.26 Å². The fourth-order valence-electron chi connectivity index (χ4n) is 2.59. The number of aryl methyl sites for hydroxylation is 2. The second kappa shape index (κ2) is 4.67. The first-order chi connectivity index (χ1) is 7.74. The van der Waals surface area contributed by atoms with E-state index >= 15 is 0 Å². The number of nitriles is 1. The zero-order chi connectivity index (χ0) is 11.5. The van der Waals surface area contributed by atoms with E-state index in [0.29, 0.717) is 0 Å². The van der Waals surface area contributed by atoms with Gasteiger partial charge in [-0.1, -0.05) is 18.2 Å². The summed E-state index contributed by atoms with van der Waals surface area (Å²) in [5.41, 5.74) is 3.68. The third kappa shape index (κ3) is 1.96. The van der Waals surface area contributed by atoms with E-state index in [1.807, 2.05) is 0 Å². The molecule has 2 rings (SSSR count). The first-order valence-electron chi connectivity index (χ1n) is 5.94. The molecule has 1 aliphatic heterocycles. The fourth-order valence-corrected chi connectivity index (χ4v) is 2.59. The Labute approximate surface area is 97.5 Å². The lowest BCUT2D eigenvalue weighted by molar-refractivity contribution is 0.293. The number of benzene rings is 1. The van der Waals surface area contributed by atoms with Gasteiger partial charge in [0, 0.05) is 0 Å². The van der Waals surface area contributed by atoms with E-state index in [2.05, 4.69) is 43.0 Å². The topological polar surface area (TPSA) is 27.0 Å². The molecule has 0 aliphatic carbocycles. The number of likely N-dealkylation sites (tertiary alicyclic amines) is 1. The van der Waals surface area contributed by atoms with Crippen LogP contribution >= 0.6 is 0 Å². The molecule has 0 aromatic heterocycles. The minimum Gasteiger partial charge on any atom is -0.284 e. The average Bonchev–Trinajstić information content (AvgIpc) is 2.77. The Morgan fingerprint density at radius 3 is 2.25 bits per heavy atom. The molecule has 1 saturated heterocycles. The van der Waals surface area contributed by atoms with Crippen LogP contribution in [0.25, 0.3) is 0 Å². The van der Waals surface area contributed by atoms with E-state index in [0.717, 1.165) is 13.1 Å². The molecule has 2 nitrogen and oxygen atoms in total. The molecule has 1 aliphatic rings. The lowest BCUT2D eigenvalue weighted by atomic mass is 9.96. The van der Waals surface area contributed by atoms with E-state index in [4.69, 9.17) is 0 Å². The summed E-state index contributed by atoms with van der Waals surface area (Å²) >= 11 is 0. The number of nitrogens with zero attached hydrogens (tertiary/aromatic N) is 2. The third-order valence-electron chi connectivity index (χ3n) is 3.44. The van der Waals surface area contributed by atoms with Crippen molar-refractivity contribution in [3.8, 4) is 6.07 Å². The van der Waals surface area contributed by atoms with Gasteiger partial charge in [-0.3, -0.25) is 4.90 Å². The first kappa shape index (κ1) is 11.2. The van der Waals surface area contributed by atoms with Gasteiger partial charge in [0.1, 0.15) is 6.04 Å². The van der Waals surface area contributed by atoms with Gasteiger partial charge in [-0.15, -0.1) is 0 Å². The maximum atomic E-state index is 9.40. The summed E-state index contributed by atoms with van der Waals surface area (Å²) < 4.78 is 0. The van der Waals surface area contributed by atoms with Crippen molar-refractivity contribution in [3.63, 3.8) is 0 Å². The molecule has 1 atom stereocenters. The zero-order valence-electron chi connectivity index (χ0n) is 10.0. The van der Waals surface area contributed by atoms with Crippen LogP contribution < -0.4 is 0 Å². The molecule has 0 radical (unpaired) electrons. The van der Waals surface area contributed by atoms with Crippen LogP contribution in [0.1, 0.15) is 35.6 Å². The van der Waals surface area contributed by atoms with Crippen molar-refractivity contribution < 1.29 is 0 Å². The Balaban J connectivity index is 2.37. The Morgan fingerprint density at radius 2 is 1.75 bits per heavy atom. The molecular weight excluding hydrogens is 196 g/mol. The van der Waals surface area contributed by atoms with Gasteiger partial charge in [0.25, 0.3) is 0 Å². The molecule has 16 heavy (non-hydrogen) atoms. The van der Waals surface area contributed by atoms with Crippen LogP contribution in [0.15, 0.2) is 18.2 Å². The quantitative estimate of drug-likeness (QED) is 0.756. The van der Waals surface area contributed by atoms with Crippen LogP contribution in [0.5, 0.6) is 0 Å². The summed E-state index contributed by atoms with van der Waals surface area (Å²) in [5.74, 6) is 0. The van der Waals surface area contributed by atoms with E-state index < -0.39 is 0 Å². The van der Waals surface area contributed by atoms with Gasteiger partial charge in [0.05, 0.1) is 6.07 Å². The van der Waals surface area contributed by atoms with Crippen molar-refractivity contribution in [1.82, 2.24) is 4.90 Å². The first-order valence-corrected chi connectivity index (χ1v) is 5.94. The zero-order valence-corrected chi connectivity index (χ0v) is 10.0. The molecule has 1 fully saturated rings. The molecule has 0 saturated carbocycles. The van der Waals surface area contributed by atoms with E-state index in [-0.39, 0.29) is 6.04 Å². The van der Waals surface area contributed by atoms with Crippen molar-refractivity contribution >= 4 is 0 Å². The van der Waals surface area contributed by atoms with Crippen LogP contribution in [0.2, 0.25) is 0 Å². The molecule has 1 heterocycles. The van der Waals surface area contributed by atoms with Gasteiger partial charge in [-0.2, -0.15) is 5.26 Å². The molecule has 0 amide bonds. The SMILES string of the molecule is Cc1cccc(C)c1C(C#N)N1CCCC1. The van der Waals surface area contributed by atoms with Gasteiger partial charge >= 0.3 is 0 Å². The van der Waals surface area contributed by atoms with Crippen molar-refractivity contribution in [3.05, 3.63) is 34.9 Å². The van der Waals surface area contributed by atoms with Gasteiger partial charge in [-0.05, 0) is 56.5 Å². The minimum absolute atomic E-state index is 0.0521.